The predicted octanol–water partition coefficient (Wildman–Crippen LogP) is -1.71. The molecule has 0 aromatic carbocycles. The van der Waals surface area contributed by atoms with Crippen LogP contribution >= 0.6 is 11.8 Å². The van der Waals surface area contributed by atoms with Crippen LogP contribution in [0.15, 0.2) is 0 Å². The summed E-state index contributed by atoms with van der Waals surface area (Å²) in [5.41, 5.74) is -0.704. The number of aliphatic hydroxyl groups is 3. The molecule has 1 fully saturated rings. The standard InChI is InChI=1S/C11H20N2O6S/c1-5(15)13-8-10(17)9(16)6(3-14)19-11(8)20-4-7(12)18-2/h6,8-12,14,16-17H,3-4H2,1-2H3,(H,13,15). The third-order valence-electron chi connectivity index (χ3n) is 2.88. The average Bonchev–Trinajstić information content (AvgIpc) is 2.42. The lowest BCUT2D eigenvalue weighted by Crippen LogP contribution is -2.63. The largest absolute Gasteiger partial charge is 0.484 e. The summed E-state index contributed by atoms with van der Waals surface area (Å²) in [6.07, 6.45) is -3.50. The van der Waals surface area contributed by atoms with E-state index in [9.17, 15) is 15.0 Å². The number of thioether (sulfide) groups is 1. The van der Waals surface area contributed by atoms with Crippen LogP contribution in [-0.2, 0) is 14.3 Å². The van der Waals surface area contributed by atoms with Crippen LogP contribution < -0.4 is 5.32 Å². The molecule has 9 heteroatoms. The van der Waals surface area contributed by atoms with E-state index < -0.39 is 36.4 Å². The quantitative estimate of drug-likeness (QED) is 0.302. The number of carbonyl (C=O) groups excluding carboxylic acids is 1. The van der Waals surface area contributed by atoms with E-state index in [1.165, 1.54) is 14.0 Å². The van der Waals surface area contributed by atoms with Crippen LogP contribution in [0.5, 0.6) is 0 Å². The van der Waals surface area contributed by atoms with Crippen molar-refractivity contribution in [1.29, 1.82) is 5.41 Å². The molecule has 1 rings (SSSR count). The zero-order valence-electron chi connectivity index (χ0n) is 11.3. The first-order chi connectivity index (χ1) is 9.40. The van der Waals surface area contributed by atoms with E-state index in [1.54, 1.807) is 0 Å². The molecule has 1 heterocycles. The maximum absolute atomic E-state index is 11.2. The average molecular weight is 308 g/mol. The summed E-state index contributed by atoms with van der Waals surface area (Å²) in [5.74, 6) is -0.181. The molecule has 8 nitrogen and oxygen atoms in total. The first kappa shape index (κ1) is 17.2. The summed E-state index contributed by atoms with van der Waals surface area (Å²) in [6, 6.07) is -0.833. The van der Waals surface area contributed by atoms with Gasteiger partial charge in [0.25, 0.3) is 0 Å². The van der Waals surface area contributed by atoms with Crippen molar-refractivity contribution in [3.63, 3.8) is 0 Å². The number of ether oxygens (including phenoxy) is 2. The summed E-state index contributed by atoms with van der Waals surface area (Å²) in [6.45, 7) is 0.833. The normalized spacial score (nSPS) is 33.5. The summed E-state index contributed by atoms with van der Waals surface area (Å²) >= 11 is 1.14. The van der Waals surface area contributed by atoms with Crippen LogP contribution in [0.3, 0.4) is 0 Å². The molecule has 1 amide bonds. The fraction of sp³-hybridized carbons (Fsp3) is 0.818. The summed E-state index contributed by atoms with van der Waals surface area (Å²) in [4.78, 5) is 11.2. The second kappa shape index (κ2) is 7.79. The van der Waals surface area contributed by atoms with Crippen LogP contribution in [0.1, 0.15) is 6.92 Å². The number of carbonyl (C=O) groups is 1. The van der Waals surface area contributed by atoms with Crippen molar-refractivity contribution in [2.75, 3.05) is 19.5 Å². The van der Waals surface area contributed by atoms with Crippen molar-refractivity contribution < 1.29 is 29.6 Å². The van der Waals surface area contributed by atoms with Gasteiger partial charge in [-0.3, -0.25) is 10.2 Å². The molecular weight excluding hydrogens is 288 g/mol. The molecule has 5 unspecified atom stereocenters. The molecule has 5 atom stereocenters. The zero-order valence-corrected chi connectivity index (χ0v) is 12.1. The van der Waals surface area contributed by atoms with Gasteiger partial charge in [0.1, 0.15) is 23.7 Å². The summed E-state index contributed by atoms with van der Waals surface area (Å²) < 4.78 is 10.2. The number of rotatable bonds is 5. The van der Waals surface area contributed by atoms with Gasteiger partial charge in [0.05, 0.1) is 25.5 Å². The molecule has 0 aromatic heterocycles. The minimum atomic E-state index is -1.30. The molecule has 0 aromatic rings. The van der Waals surface area contributed by atoms with Gasteiger partial charge in [0, 0.05) is 6.92 Å². The molecule has 0 radical (unpaired) electrons. The van der Waals surface area contributed by atoms with E-state index in [-0.39, 0.29) is 17.6 Å². The second-order valence-electron chi connectivity index (χ2n) is 4.37. The summed E-state index contributed by atoms with van der Waals surface area (Å²) in [5, 5.41) is 38.9. The maximum atomic E-state index is 11.2. The lowest BCUT2D eigenvalue weighted by Gasteiger charge is -2.42. The van der Waals surface area contributed by atoms with Gasteiger partial charge < -0.3 is 30.1 Å². The highest BCUT2D eigenvalue weighted by atomic mass is 32.2. The molecule has 116 valence electrons. The van der Waals surface area contributed by atoms with Gasteiger partial charge in [-0.1, -0.05) is 0 Å². The fourth-order valence-corrected chi connectivity index (χ4v) is 2.92. The Morgan fingerprint density at radius 2 is 2.10 bits per heavy atom. The zero-order chi connectivity index (χ0) is 15.3. The van der Waals surface area contributed by atoms with Gasteiger partial charge in [-0.15, -0.1) is 11.8 Å². The van der Waals surface area contributed by atoms with E-state index in [0.29, 0.717) is 0 Å². The molecule has 1 aliphatic rings. The van der Waals surface area contributed by atoms with Gasteiger partial charge in [-0.25, -0.2) is 0 Å². The van der Waals surface area contributed by atoms with E-state index in [1.807, 2.05) is 0 Å². The highest BCUT2D eigenvalue weighted by Crippen LogP contribution is 2.28. The van der Waals surface area contributed by atoms with E-state index >= 15 is 0 Å². The number of amides is 1. The Morgan fingerprint density at radius 1 is 1.45 bits per heavy atom. The Bertz CT molecular complexity index is 356. The monoisotopic (exact) mass is 308 g/mol. The lowest BCUT2D eigenvalue weighted by molar-refractivity contribution is -0.173. The van der Waals surface area contributed by atoms with Crippen molar-refractivity contribution in [3.8, 4) is 0 Å². The number of hydrogen-bond donors (Lipinski definition) is 5. The number of hydrogen-bond acceptors (Lipinski definition) is 8. The molecule has 20 heavy (non-hydrogen) atoms. The number of nitrogens with one attached hydrogen (secondary N) is 2. The van der Waals surface area contributed by atoms with Crippen molar-refractivity contribution in [1.82, 2.24) is 5.32 Å². The van der Waals surface area contributed by atoms with Crippen LogP contribution in [0.4, 0.5) is 0 Å². The first-order valence-electron chi connectivity index (χ1n) is 6.03. The second-order valence-corrected chi connectivity index (χ2v) is 5.46. The van der Waals surface area contributed by atoms with Crippen molar-refractivity contribution in [2.24, 2.45) is 0 Å². The number of methoxy groups -OCH3 is 1. The SMILES string of the molecule is COC(=N)CSC1OC(CO)C(O)C(O)C1NC(C)=O. The van der Waals surface area contributed by atoms with Gasteiger partial charge in [-0.05, 0) is 0 Å². The highest BCUT2D eigenvalue weighted by molar-refractivity contribution is 8.00. The summed E-state index contributed by atoms with van der Waals surface area (Å²) in [7, 11) is 1.37. The third kappa shape index (κ3) is 4.32. The lowest BCUT2D eigenvalue weighted by atomic mass is 9.98. The Balaban J connectivity index is 2.77. The minimum absolute atomic E-state index is 0.0151. The van der Waals surface area contributed by atoms with Crippen LogP contribution in [0.25, 0.3) is 0 Å². The maximum Gasteiger partial charge on any atom is 0.217 e. The van der Waals surface area contributed by atoms with Gasteiger partial charge in [0.15, 0.2) is 5.90 Å². The Labute approximate surface area is 121 Å². The molecule has 1 saturated heterocycles. The smallest absolute Gasteiger partial charge is 0.217 e. The third-order valence-corrected chi connectivity index (χ3v) is 4.04. The Morgan fingerprint density at radius 3 is 2.60 bits per heavy atom. The van der Waals surface area contributed by atoms with Crippen molar-refractivity contribution in [2.45, 2.75) is 36.7 Å². The number of aliphatic hydroxyl groups excluding tert-OH is 3. The van der Waals surface area contributed by atoms with Gasteiger partial charge >= 0.3 is 0 Å². The Kier molecular flexibility index (Phi) is 6.69. The van der Waals surface area contributed by atoms with E-state index in [0.717, 1.165) is 11.8 Å². The molecule has 0 saturated carbocycles. The first-order valence-corrected chi connectivity index (χ1v) is 7.08. The van der Waals surface area contributed by atoms with Crippen LogP contribution in [0, 0.1) is 5.41 Å². The fourth-order valence-electron chi connectivity index (χ4n) is 1.83. The van der Waals surface area contributed by atoms with Crippen LogP contribution in [0.2, 0.25) is 0 Å². The predicted molar refractivity (Wildman–Crippen MR) is 72.6 cm³/mol. The minimum Gasteiger partial charge on any atom is -0.484 e. The topological polar surface area (TPSA) is 132 Å². The van der Waals surface area contributed by atoms with E-state index in [2.05, 4.69) is 5.32 Å². The van der Waals surface area contributed by atoms with E-state index in [4.69, 9.17) is 20.0 Å². The molecule has 0 spiro atoms. The molecule has 1 aliphatic heterocycles. The molecule has 0 aliphatic carbocycles. The highest BCUT2D eigenvalue weighted by Gasteiger charge is 2.44. The molecular formula is C11H20N2O6S. The molecule has 0 bridgehead atoms. The van der Waals surface area contributed by atoms with Gasteiger partial charge in [0.2, 0.25) is 5.91 Å². The van der Waals surface area contributed by atoms with Crippen molar-refractivity contribution >= 4 is 23.6 Å². The Hall–Kier alpha value is -0.870. The van der Waals surface area contributed by atoms with Crippen molar-refractivity contribution in [3.05, 3.63) is 0 Å². The molecule has 5 N–H and O–H groups in total. The van der Waals surface area contributed by atoms with Crippen LogP contribution in [-0.4, -0.2) is 76.4 Å². The van der Waals surface area contributed by atoms with Gasteiger partial charge in [-0.2, -0.15) is 0 Å².